The van der Waals surface area contributed by atoms with Gasteiger partial charge in [0, 0.05) is 13.1 Å². The van der Waals surface area contributed by atoms with Crippen LogP contribution in [0.5, 0.6) is 5.75 Å². The minimum absolute atomic E-state index is 0.135. The number of piperidine rings is 1. The van der Waals surface area contributed by atoms with Gasteiger partial charge in [-0.05, 0) is 47.6 Å². The molecule has 5 heteroatoms. The van der Waals surface area contributed by atoms with E-state index < -0.39 is 5.97 Å². The van der Waals surface area contributed by atoms with Crippen molar-refractivity contribution in [2.45, 2.75) is 18.9 Å². The van der Waals surface area contributed by atoms with Crippen LogP contribution in [0.4, 0.5) is 0 Å². The summed E-state index contributed by atoms with van der Waals surface area (Å²) in [6.07, 6.45) is 1.97. The van der Waals surface area contributed by atoms with Gasteiger partial charge in [-0.1, -0.05) is 12.1 Å². The summed E-state index contributed by atoms with van der Waals surface area (Å²) in [7, 11) is 0. The first kappa shape index (κ1) is 13.6. The average Bonchev–Trinajstić information content (AvgIpc) is 2.34. The molecule has 18 heavy (non-hydrogen) atoms. The van der Waals surface area contributed by atoms with Gasteiger partial charge in [0.1, 0.15) is 11.9 Å². The van der Waals surface area contributed by atoms with Crippen LogP contribution in [0.1, 0.15) is 12.8 Å². The summed E-state index contributed by atoms with van der Waals surface area (Å²) >= 11 is 2.26. The van der Waals surface area contributed by atoms with E-state index in [-0.39, 0.29) is 12.6 Å². The van der Waals surface area contributed by atoms with Crippen molar-refractivity contribution in [3.63, 3.8) is 0 Å². The molecule has 0 atom stereocenters. The molecule has 4 nitrogen and oxygen atoms in total. The summed E-state index contributed by atoms with van der Waals surface area (Å²) in [5, 5.41) is 8.73. The maximum absolute atomic E-state index is 10.6. The molecule has 1 aliphatic heterocycles. The van der Waals surface area contributed by atoms with Crippen LogP contribution in [0.3, 0.4) is 0 Å². The van der Waals surface area contributed by atoms with Crippen LogP contribution in [-0.2, 0) is 4.79 Å². The van der Waals surface area contributed by atoms with Gasteiger partial charge in [0.15, 0.2) is 0 Å². The number of ether oxygens (including phenoxy) is 1. The lowest BCUT2D eigenvalue weighted by Crippen LogP contribution is -2.40. The number of benzene rings is 1. The zero-order chi connectivity index (χ0) is 13.0. The fourth-order valence-electron chi connectivity index (χ4n) is 2.10. The predicted molar refractivity (Wildman–Crippen MR) is 76.9 cm³/mol. The van der Waals surface area contributed by atoms with Crippen LogP contribution in [0, 0.1) is 3.57 Å². The molecule has 1 aliphatic rings. The Labute approximate surface area is 120 Å². The molecule has 0 amide bonds. The number of carboxylic acids is 1. The van der Waals surface area contributed by atoms with Crippen molar-refractivity contribution in [1.82, 2.24) is 4.90 Å². The lowest BCUT2D eigenvalue weighted by Gasteiger charge is -2.31. The second kappa shape index (κ2) is 6.38. The second-order valence-electron chi connectivity index (χ2n) is 4.42. The Bertz CT molecular complexity index is 416. The molecular weight excluding hydrogens is 345 g/mol. The number of likely N-dealkylation sites (tertiary alicyclic amines) is 1. The summed E-state index contributed by atoms with van der Waals surface area (Å²) < 4.78 is 7.07. The normalized spacial score (nSPS) is 17.6. The zero-order valence-electron chi connectivity index (χ0n) is 10.0. The van der Waals surface area contributed by atoms with Gasteiger partial charge in [-0.3, -0.25) is 9.69 Å². The molecule has 0 spiro atoms. The minimum Gasteiger partial charge on any atom is -0.489 e. The Hall–Kier alpha value is -0.820. The molecule has 98 valence electrons. The molecule has 0 aromatic heterocycles. The first-order chi connectivity index (χ1) is 8.65. The summed E-state index contributed by atoms with van der Waals surface area (Å²) in [6.45, 7) is 1.72. The third-order valence-corrected chi connectivity index (χ3v) is 3.91. The van der Waals surface area contributed by atoms with Crippen molar-refractivity contribution in [2.24, 2.45) is 0 Å². The molecular formula is C13H16INO3. The predicted octanol–water partition coefficient (Wildman–Crippen LogP) is 2.22. The molecule has 0 aliphatic carbocycles. The molecule has 0 radical (unpaired) electrons. The molecule has 1 fully saturated rings. The van der Waals surface area contributed by atoms with Gasteiger partial charge >= 0.3 is 5.97 Å². The van der Waals surface area contributed by atoms with Crippen LogP contribution in [0.15, 0.2) is 24.3 Å². The Morgan fingerprint density at radius 1 is 1.39 bits per heavy atom. The number of carboxylic acid groups (broad SMARTS) is 1. The number of halogens is 1. The van der Waals surface area contributed by atoms with Crippen LogP contribution < -0.4 is 4.74 Å². The number of rotatable bonds is 4. The van der Waals surface area contributed by atoms with Gasteiger partial charge in [-0.25, -0.2) is 0 Å². The van der Waals surface area contributed by atoms with E-state index in [9.17, 15) is 4.79 Å². The first-order valence-electron chi connectivity index (χ1n) is 6.00. The smallest absolute Gasteiger partial charge is 0.317 e. The fraction of sp³-hybridized carbons (Fsp3) is 0.462. The Morgan fingerprint density at radius 3 is 2.67 bits per heavy atom. The van der Waals surface area contributed by atoms with Crippen molar-refractivity contribution >= 4 is 28.6 Å². The maximum atomic E-state index is 10.6. The standard InChI is InChI=1S/C13H16INO3/c14-11-3-1-2-4-12(11)18-10-5-7-15(8-6-10)9-13(16)17/h1-4,10H,5-9H2,(H,16,17). The highest BCUT2D eigenvalue weighted by Crippen LogP contribution is 2.24. The number of nitrogens with zero attached hydrogens (tertiary/aromatic N) is 1. The van der Waals surface area contributed by atoms with Crippen molar-refractivity contribution in [1.29, 1.82) is 0 Å². The minimum atomic E-state index is -0.757. The molecule has 0 saturated carbocycles. The van der Waals surface area contributed by atoms with Gasteiger partial charge in [-0.2, -0.15) is 0 Å². The van der Waals surface area contributed by atoms with E-state index in [2.05, 4.69) is 22.6 Å². The van der Waals surface area contributed by atoms with E-state index >= 15 is 0 Å². The van der Waals surface area contributed by atoms with Gasteiger partial charge in [-0.15, -0.1) is 0 Å². The zero-order valence-corrected chi connectivity index (χ0v) is 12.2. The van der Waals surface area contributed by atoms with E-state index in [1.807, 2.05) is 29.2 Å². The molecule has 1 aromatic carbocycles. The number of hydrogen-bond donors (Lipinski definition) is 1. The van der Waals surface area contributed by atoms with E-state index in [0.717, 1.165) is 35.3 Å². The van der Waals surface area contributed by atoms with Crippen LogP contribution in [0.25, 0.3) is 0 Å². The highest BCUT2D eigenvalue weighted by Gasteiger charge is 2.22. The van der Waals surface area contributed by atoms with E-state index in [4.69, 9.17) is 9.84 Å². The molecule has 1 heterocycles. The van der Waals surface area contributed by atoms with E-state index in [0.29, 0.717) is 0 Å². The van der Waals surface area contributed by atoms with Gasteiger partial charge in [0.25, 0.3) is 0 Å². The highest BCUT2D eigenvalue weighted by atomic mass is 127. The van der Waals surface area contributed by atoms with Crippen LogP contribution >= 0.6 is 22.6 Å². The molecule has 1 saturated heterocycles. The van der Waals surface area contributed by atoms with Crippen LogP contribution in [0.2, 0.25) is 0 Å². The van der Waals surface area contributed by atoms with Crippen molar-refractivity contribution in [3.05, 3.63) is 27.8 Å². The SMILES string of the molecule is O=C(O)CN1CCC(Oc2ccccc2I)CC1. The molecule has 1 aromatic rings. The Kier molecular flexibility index (Phi) is 4.82. The highest BCUT2D eigenvalue weighted by molar-refractivity contribution is 14.1. The second-order valence-corrected chi connectivity index (χ2v) is 5.58. The summed E-state index contributed by atoms with van der Waals surface area (Å²) in [4.78, 5) is 12.6. The molecule has 1 N–H and O–H groups in total. The summed E-state index contributed by atoms with van der Waals surface area (Å²) in [5.41, 5.74) is 0. The monoisotopic (exact) mass is 361 g/mol. The fourth-order valence-corrected chi connectivity index (χ4v) is 2.61. The maximum Gasteiger partial charge on any atom is 0.317 e. The molecule has 0 unspecified atom stereocenters. The first-order valence-corrected chi connectivity index (χ1v) is 7.08. The largest absolute Gasteiger partial charge is 0.489 e. The van der Waals surface area contributed by atoms with Gasteiger partial charge < -0.3 is 9.84 Å². The lowest BCUT2D eigenvalue weighted by molar-refractivity contribution is -0.138. The Balaban J connectivity index is 1.84. The average molecular weight is 361 g/mol. The van der Waals surface area contributed by atoms with Gasteiger partial charge in [0.05, 0.1) is 10.1 Å². The molecule has 0 bridgehead atoms. The third-order valence-electron chi connectivity index (χ3n) is 3.02. The number of carbonyl (C=O) groups is 1. The van der Waals surface area contributed by atoms with Gasteiger partial charge in [0.2, 0.25) is 0 Å². The Morgan fingerprint density at radius 2 is 2.06 bits per heavy atom. The van der Waals surface area contributed by atoms with Crippen molar-refractivity contribution < 1.29 is 14.6 Å². The molecule has 2 rings (SSSR count). The number of hydrogen-bond acceptors (Lipinski definition) is 3. The van der Waals surface area contributed by atoms with Crippen molar-refractivity contribution in [3.8, 4) is 5.75 Å². The topological polar surface area (TPSA) is 49.8 Å². The quantitative estimate of drug-likeness (QED) is 0.836. The van der Waals surface area contributed by atoms with Crippen molar-refractivity contribution in [2.75, 3.05) is 19.6 Å². The van der Waals surface area contributed by atoms with E-state index in [1.165, 1.54) is 0 Å². The summed E-state index contributed by atoms with van der Waals surface area (Å²) in [6, 6.07) is 7.96. The van der Waals surface area contributed by atoms with Crippen LogP contribution in [-0.4, -0.2) is 41.7 Å². The number of para-hydroxylation sites is 1. The summed E-state index contributed by atoms with van der Waals surface area (Å²) in [5.74, 6) is 0.168. The third kappa shape index (κ3) is 3.84. The number of aliphatic carboxylic acids is 1. The lowest BCUT2D eigenvalue weighted by atomic mass is 10.1. The van der Waals surface area contributed by atoms with E-state index in [1.54, 1.807) is 0 Å².